The first-order chi connectivity index (χ1) is 9.86. The summed E-state index contributed by atoms with van der Waals surface area (Å²) in [7, 11) is 1.28. The third-order valence-corrected chi connectivity index (χ3v) is 3.55. The maximum absolute atomic E-state index is 13.1. The van der Waals surface area contributed by atoms with Gasteiger partial charge in [-0.25, -0.2) is 0 Å². The van der Waals surface area contributed by atoms with Gasteiger partial charge in [-0.05, 0) is 29.8 Å². The third-order valence-electron chi connectivity index (χ3n) is 2.91. The lowest BCUT2D eigenvalue weighted by molar-refractivity contribution is -0.137. The summed E-state index contributed by atoms with van der Waals surface area (Å²) in [6.45, 7) is 0. The second-order valence-corrected chi connectivity index (χ2v) is 4.82. The lowest BCUT2D eigenvalue weighted by Crippen LogP contribution is -2.21. The molecule has 0 spiro atoms. The van der Waals surface area contributed by atoms with E-state index < -0.39 is 17.3 Å². The number of hydrogen-bond donors (Lipinski definition) is 0. The molecule has 0 aliphatic rings. The van der Waals surface area contributed by atoms with Crippen molar-refractivity contribution in [1.82, 2.24) is 4.57 Å². The van der Waals surface area contributed by atoms with E-state index in [1.54, 1.807) is 6.07 Å². The number of pyridine rings is 1. The van der Waals surface area contributed by atoms with E-state index in [1.807, 2.05) is 0 Å². The Morgan fingerprint density at radius 3 is 2.48 bits per heavy atom. The summed E-state index contributed by atoms with van der Waals surface area (Å²) in [5, 5.41) is 0.456. The van der Waals surface area contributed by atoms with E-state index in [9.17, 15) is 18.0 Å². The third kappa shape index (κ3) is 3.29. The lowest BCUT2D eigenvalue weighted by Gasteiger charge is -2.15. The topological polar surface area (TPSA) is 31.2 Å². The number of alkyl halides is 4. The number of benzene rings is 1. The molecule has 0 N–H and O–H groups in total. The van der Waals surface area contributed by atoms with Gasteiger partial charge in [-0.3, -0.25) is 9.36 Å². The van der Waals surface area contributed by atoms with Crippen LogP contribution in [0.5, 0.6) is 5.75 Å². The van der Waals surface area contributed by atoms with Crippen LogP contribution in [0.15, 0.2) is 41.3 Å². The van der Waals surface area contributed by atoms with Gasteiger partial charge in [0.1, 0.15) is 5.75 Å². The SMILES string of the molecule is COc1ccc(-n2ccc(CBr)cc2=O)c(C(F)(F)F)c1. The van der Waals surface area contributed by atoms with Gasteiger partial charge in [0.15, 0.2) is 0 Å². The predicted molar refractivity (Wildman–Crippen MR) is 76.2 cm³/mol. The van der Waals surface area contributed by atoms with Gasteiger partial charge in [0.2, 0.25) is 0 Å². The fraction of sp³-hybridized carbons (Fsp3) is 0.214. The number of halogens is 4. The molecule has 0 atom stereocenters. The Morgan fingerprint density at radius 2 is 1.95 bits per heavy atom. The average Bonchev–Trinajstić information content (AvgIpc) is 2.45. The molecule has 2 aromatic rings. The largest absolute Gasteiger partial charge is 0.497 e. The summed E-state index contributed by atoms with van der Waals surface area (Å²) in [4.78, 5) is 12.0. The van der Waals surface area contributed by atoms with Gasteiger partial charge in [-0.2, -0.15) is 13.2 Å². The molecule has 2 rings (SSSR count). The number of ether oxygens (including phenoxy) is 1. The minimum atomic E-state index is -4.59. The predicted octanol–water partition coefficient (Wildman–Crippen LogP) is 3.76. The minimum absolute atomic E-state index is 0.0798. The van der Waals surface area contributed by atoms with E-state index >= 15 is 0 Å². The first-order valence-electron chi connectivity index (χ1n) is 5.90. The monoisotopic (exact) mass is 361 g/mol. The molecule has 7 heteroatoms. The van der Waals surface area contributed by atoms with E-state index in [0.717, 1.165) is 10.6 Å². The van der Waals surface area contributed by atoms with Gasteiger partial charge < -0.3 is 4.74 Å². The zero-order valence-corrected chi connectivity index (χ0v) is 12.5. The normalized spacial score (nSPS) is 11.5. The van der Waals surface area contributed by atoms with Gasteiger partial charge in [-0.15, -0.1) is 0 Å². The Kier molecular flexibility index (Phi) is 4.41. The van der Waals surface area contributed by atoms with E-state index in [2.05, 4.69) is 15.9 Å². The molecule has 0 aliphatic heterocycles. The van der Waals surface area contributed by atoms with Crippen molar-refractivity contribution in [1.29, 1.82) is 0 Å². The number of methoxy groups -OCH3 is 1. The maximum atomic E-state index is 13.1. The van der Waals surface area contributed by atoms with Crippen molar-refractivity contribution in [2.45, 2.75) is 11.5 Å². The second kappa shape index (κ2) is 5.93. The summed E-state index contributed by atoms with van der Waals surface area (Å²) >= 11 is 3.19. The molecule has 0 bridgehead atoms. The molecular formula is C14H11BrF3NO2. The van der Waals surface area contributed by atoms with E-state index in [-0.39, 0.29) is 11.4 Å². The molecule has 0 radical (unpaired) electrons. The molecule has 112 valence electrons. The molecule has 0 unspecified atom stereocenters. The highest BCUT2D eigenvalue weighted by Crippen LogP contribution is 2.35. The van der Waals surface area contributed by atoms with Crippen LogP contribution < -0.4 is 10.3 Å². The molecule has 1 aromatic carbocycles. The fourth-order valence-corrected chi connectivity index (χ4v) is 2.23. The first kappa shape index (κ1) is 15.6. The quantitative estimate of drug-likeness (QED) is 0.779. The van der Waals surface area contributed by atoms with Crippen LogP contribution >= 0.6 is 15.9 Å². The molecule has 0 amide bonds. The van der Waals surface area contributed by atoms with Gasteiger partial charge in [0.25, 0.3) is 5.56 Å². The minimum Gasteiger partial charge on any atom is -0.497 e. The molecule has 0 saturated carbocycles. The second-order valence-electron chi connectivity index (χ2n) is 4.26. The Labute approximate surface area is 127 Å². The fourth-order valence-electron chi connectivity index (χ4n) is 1.88. The smallest absolute Gasteiger partial charge is 0.418 e. The summed E-state index contributed by atoms with van der Waals surface area (Å²) in [6, 6.07) is 6.35. The Bertz CT molecular complexity index is 710. The zero-order chi connectivity index (χ0) is 15.6. The van der Waals surface area contributed by atoms with Gasteiger partial charge >= 0.3 is 6.18 Å². The standard InChI is InChI=1S/C14H11BrF3NO2/c1-21-10-2-3-12(11(7-10)14(16,17)18)19-5-4-9(8-15)6-13(19)20/h2-7H,8H2,1H3. The summed E-state index contributed by atoms with van der Waals surface area (Å²) in [6.07, 6.45) is -3.26. The molecule has 3 nitrogen and oxygen atoms in total. The van der Waals surface area contributed by atoms with Crippen molar-refractivity contribution < 1.29 is 17.9 Å². The molecule has 0 fully saturated rings. The molecule has 1 aromatic heterocycles. The Hall–Kier alpha value is -1.76. The van der Waals surface area contributed by atoms with Crippen LogP contribution in [-0.4, -0.2) is 11.7 Å². The van der Waals surface area contributed by atoms with E-state index in [1.165, 1.54) is 31.5 Å². The van der Waals surface area contributed by atoms with Crippen molar-refractivity contribution in [2.75, 3.05) is 7.11 Å². The first-order valence-corrected chi connectivity index (χ1v) is 7.02. The highest BCUT2D eigenvalue weighted by molar-refractivity contribution is 9.08. The van der Waals surface area contributed by atoms with Crippen LogP contribution in [0.2, 0.25) is 0 Å². The van der Waals surface area contributed by atoms with Crippen LogP contribution in [0.3, 0.4) is 0 Å². The number of rotatable bonds is 3. The van der Waals surface area contributed by atoms with Crippen LogP contribution in [0, 0.1) is 0 Å². The zero-order valence-electron chi connectivity index (χ0n) is 10.9. The molecule has 0 aliphatic carbocycles. The van der Waals surface area contributed by atoms with Crippen LogP contribution in [0.4, 0.5) is 13.2 Å². The number of aromatic nitrogens is 1. The summed E-state index contributed by atoms with van der Waals surface area (Å²) in [5.74, 6) is 0.0798. The van der Waals surface area contributed by atoms with Gasteiger partial charge in [0, 0.05) is 17.6 Å². The van der Waals surface area contributed by atoms with Crippen LogP contribution in [0.25, 0.3) is 5.69 Å². The maximum Gasteiger partial charge on any atom is 0.418 e. The molecule has 21 heavy (non-hydrogen) atoms. The van der Waals surface area contributed by atoms with Crippen molar-refractivity contribution >= 4 is 15.9 Å². The van der Waals surface area contributed by atoms with E-state index in [0.29, 0.717) is 10.9 Å². The van der Waals surface area contributed by atoms with Gasteiger partial charge in [-0.1, -0.05) is 15.9 Å². The van der Waals surface area contributed by atoms with E-state index in [4.69, 9.17) is 4.74 Å². The Morgan fingerprint density at radius 1 is 1.24 bits per heavy atom. The molecule has 1 heterocycles. The van der Waals surface area contributed by atoms with Crippen LogP contribution in [-0.2, 0) is 11.5 Å². The van der Waals surface area contributed by atoms with Crippen molar-refractivity contribution in [3.63, 3.8) is 0 Å². The van der Waals surface area contributed by atoms with Crippen molar-refractivity contribution in [3.05, 3.63) is 58.0 Å². The highest BCUT2D eigenvalue weighted by Gasteiger charge is 2.34. The average molecular weight is 362 g/mol. The Balaban J connectivity index is 2.66. The lowest BCUT2D eigenvalue weighted by atomic mass is 10.1. The molecule has 0 saturated heterocycles. The van der Waals surface area contributed by atoms with Crippen molar-refractivity contribution in [3.8, 4) is 11.4 Å². The number of nitrogens with zero attached hydrogens (tertiary/aromatic N) is 1. The van der Waals surface area contributed by atoms with Crippen LogP contribution in [0.1, 0.15) is 11.1 Å². The summed E-state index contributed by atoms with van der Waals surface area (Å²) < 4.78 is 45.2. The summed E-state index contributed by atoms with van der Waals surface area (Å²) in [5.41, 5.74) is -0.981. The number of hydrogen-bond acceptors (Lipinski definition) is 2. The van der Waals surface area contributed by atoms with Crippen molar-refractivity contribution in [2.24, 2.45) is 0 Å². The highest BCUT2D eigenvalue weighted by atomic mass is 79.9. The van der Waals surface area contributed by atoms with Gasteiger partial charge in [0.05, 0.1) is 18.4 Å². The molecular weight excluding hydrogens is 351 g/mol.